The molecule has 138 valence electrons. The SMILES string of the molecule is CC(=O)N1CCc2cc(S(=O)(=O)NC(C)c3ccc(Cl)c(Cl)c3)ccc21. The minimum Gasteiger partial charge on any atom is -0.312 e. The largest absolute Gasteiger partial charge is 0.312 e. The first kappa shape index (κ1) is 19.2. The molecular formula is C18H18Cl2N2O3S. The predicted octanol–water partition coefficient (Wildman–Crippen LogP) is 3.94. The van der Waals surface area contributed by atoms with Crippen molar-refractivity contribution in [3.05, 3.63) is 57.6 Å². The van der Waals surface area contributed by atoms with Crippen molar-refractivity contribution >= 4 is 44.8 Å². The first-order chi connectivity index (χ1) is 12.2. The van der Waals surface area contributed by atoms with Crippen LogP contribution in [0.25, 0.3) is 0 Å². The van der Waals surface area contributed by atoms with Crippen LogP contribution in [0.15, 0.2) is 41.3 Å². The molecule has 0 aromatic heterocycles. The zero-order chi connectivity index (χ0) is 19.1. The highest BCUT2D eigenvalue weighted by Gasteiger charge is 2.25. The molecule has 3 rings (SSSR count). The van der Waals surface area contributed by atoms with Gasteiger partial charge in [-0.3, -0.25) is 4.79 Å². The second-order valence-corrected chi connectivity index (χ2v) is 8.76. The third-order valence-corrected chi connectivity index (χ3v) is 6.69. The monoisotopic (exact) mass is 412 g/mol. The fraction of sp³-hybridized carbons (Fsp3) is 0.278. The van der Waals surface area contributed by atoms with E-state index in [9.17, 15) is 13.2 Å². The number of amides is 1. The number of hydrogen-bond donors (Lipinski definition) is 1. The number of carbonyl (C=O) groups is 1. The summed E-state index contributed by atoms with van der Waals surface area (Å²) in [7, 11) is -3.72. The molecule has 1 aliphatic rings. The van der Waals surface area contributed by atoms with Crippen LogP contribution in [0.4, 0.5) is 5.69 Å². The summed E-state index contributed by atoms with van der Waals surface area (Å²) in [6.07, 6.45) is 0.640. The Morgan fingerprint density at radius 3 is 2.54 bits per heavy atom. The summed E-state index contributed by atoms with van der Waals surface area (Å²) in [6.45, 7) is 3.81. The Morgan fingerprint density at radius 2 is 1.88 bits per heavy atom. The van der Waals surface area contributed by atoms with E-state index in [1.807, 2.05) is 0 Å². The molecule has 1 heterocycles. The molecule has 1 N–H and O–H groups in total. The molecule has 1 unspecified atom stereocenters. The van der Waals surface area contributed by atoms with Crippen LogP contribution >= 0.6 is 23.2 Å². The van der Waals surface area contributed by atoms with E-state index >= 15 is 0 Å². The number of halogens is 2. The molecule has 0 fully saturated rings. The van der Waals surface area contributed by atoms with Gasteiger partial charge in [-0.15, -0.1) is 0 Å². The highest BCUT2D eigenvalue weighted by molar-refractivity contribution is 7.89. The van der Waals surface area contributed by atoms with E-state index < -0.39 is 16.1 Å². The van der Waals surface area contributed by atoms with Gasteiger partial charge in [-0.05, 0) is 54.8 Å². The number of benzene rings is 2. The van der Waals surface area contributed by atoms with Crippen LogP contribution in [0, 0.1) is 0 Å². The lowest BCUT2D eigenvalue weighted by Crippen LogP contribution is -2.27. The van der Waals surface area contributed by atoms with Gasteiger partial charge in [-0.25, -0.2) is 13.1 Å². The van der Waals surface area contributed by atoms with Crippen molar-refractivity contribution in [2.24, 2.45) is 0 Å². The maximum atomic E-state index is 12.7. The number of nitrogens with zero attached hydrogens (tertiary/aromatic N) is 1. The van der Waals surface area contributed by atoms with Crippen molar-refractivity contribution in [1.82, 2.24) is 4.72 Å². The third-order valence-electron chi connectivity index (χ3n) is 4.41. The summed E-state index contributed by atoms with van der Waals surface area (Å²) in [4.78, 5) is 13.4. The van der Waals surface area contributed by atoms with E-state index in [2.05, 4.69) is 4.72 Å². The van der Waals surface area contributed by atoms with Crippen molar-refractivity contribution in [3.63, 3.8) is 0 Å². The van der Waals surface area contributed by atoms with Gasteiger partial charge >= 0.3 is 0 Å². The Labute approximate surface area is 163 Å². The average molecular weight is 413 g/mol. The summed E-state index contributed by atoms with van der Waals surface area (Å²) in [6, 6.07) is 9.36. The number of nitrogens with one attached hydrogen (secondary N) is 1. The van der Waals surface area contributed by atoms with Gasteiger partial charge < -0.3 is 4.90 Å². The Morgan fingerprint density at radius 1 is 1.15 bits per heavy atom. The summed E-state index contributed by atoms with van der Waals surface area (Å²) >= 11 is 11.9. The molecule has 8 heteroatoms. The predicted molar refractivity (Wildman–Crippen MR) is 103 cm³/mol. The van der Waals surface area contributed by atoms with Crippen LogP contribution in [0.2, 0.25) is 10.0 Å². The normalized spacial score (nSPS) is 15.0. The fourth-order valence-corrected chi connectivity index (χ4v) is 4.61. The maximum absolute atomic E-state index is 12.7. The minimum absolute atomic E-state index is 0.0503. The number of fused-ring (bicyclic) bond motifs is 1. The lowest BCUT2D eigenvalue weighted by Gasteiger charge is -2.17. The molecule has 2 aromatic rings. The molecule has 0 spiro atoms. The molecule has 0 bridgehead atoms. The average Bonchev–Trinajstić information content (AvgIpc) is 3.00. The zero-order valence-corrected chi connectivity index (χ0v) is 16.6. The minimum atomic E-state index is -3.72. The van der Waals surface area contributed by atoms with Crippen molar-refractivity contribution in [1.29, 1.82) is 0 Å². The molecule has 0 radical (unpaired) electrons. The van der Waals surface area contributed by atoms with E-state index in [1.54, 1.807) is 42.2 Å². The Balaban J connectivity index is 1.84. The Hall–Kier alpha value is -1.60. The molecule has 1 amide bonds. The molecule has 0 saturated carbocycles. The molecule has 0 aliphatic carbocycles. The summed E-state index contributed by atoms with van der Waals surface area (Å²) in [5.74, 6) is -0.0503. The molecular weight excluding hydrogens is 395 g/mol. The second kappa shape index (κ2) is 7.19. The molecule has 1 aliphatic heterocycles. The summed E-state index contributed by atoms with van der Waals surface area (Å²) in [5, 5.41) is 0.788. The smallest absolute Gasteiger partial charge is 0.241 e. The van der Waals surface area contributed by atoms with Crippen LogP contribution in [0.1, 0.15) is 31.0 Å². The van der Waals surface area contributed by atoms with Crippen LogP contribution in [-0.4, -0.2) is 20.9 Å². The second-order valence-electron chi connectivity index (χ2n) is 6.23. The van der Waals surface area contributed by atoms with Crippen LogP contribution in [-0.2, 0) is 21.2 Å². The van der Waals surface area contributed by atoms with Gasteiger partial charge in [0.05, 0.1) is 14.9 Å². The topological polar surface area (TPSA) is 66.5 Å². The van der Waals surface area contributed by atoms with E-state index in [4.69, 9.17) is 23.2 Å². The van der Waals surface area contributed by atoms with Gasteiger partial charge in [-0.2, -0.15) is 0 Å². The first-order valence-corrected chi connectivity index (χ1v) is 10.3. The van der Waals surface area contributed by atoms with Gasteiger partial charge in [-0.1, -0.05) is 29.3 Å². The molecule has 0 saturated heterocycles. The molecule has 1 atom stereocenters. The molecule has 5 nitrogen and oxygen atoms in total. The fourth-order valence-electron chi connectivity index (χ4n) is 3.02. The Bertz CT molecular complexity index is 976. The van der Waals surface area contributed by atoms with Crippen LogP contribution in [0.3, 0.4) is 0 Å². The number of rotatable bonds is 4. The summed E-state index contributed by atoms with van der Waals surface area (Å²) in [5.41, 5.74) is 2.34. The number of hydrogen-bond acceptors (Lipinski definition) is 3. The Kier molecular flexibility index (Phi) is 5.30. The van der Waals surface area contributed by atoms with Crippen molar-refractivity contribution in [3.8, 4) is 0 Å². The maximum Gasteiger partial charge on any atom is 0.241 e. The quantitative estimate of drug-likeness (QED) is 0.826. The number of anilines is 1. The standard InChI is InChI=1S/C18H18Cl2N2O3S/c1-11(13-3-5-16(19)17(20)10-13)21-26(24,25)15-4-6-18-14(9-15)7-8-22(18)12(2)23/h3-6,9-11,21H,7-8H2,1-2H3. The molecule has 26 heavy (non-hydrogen) atoms. The van der Waals surface area contributed by atoms with Gasteiger partial charge in [0.1, 0.15) is 0 Å². The highest BCUT2D eigenvalue weighted by Crippen LogP contribution is 2.31. The van der Waals surface area contributed by atoms with Gasteiger partial charge in [0.2, 0.25) is 15.9 Å². The number of carbonyl (C=O) groups excluding carboxylic acids is 1. The highest BCUT2D eigenvalue weighted by atomic mass is 35.5. The van der Waals surface area contributed by atoms with E-state index in [0.29, 0.717) is 28.6 Å². The van der Waals surface area contributed by atoms with Crippen LogP contribution < -0.4 is 9.62 Å². The lowest BCUT2D eigenvalue weighted by molar-refractivity contribution is -0.116. The van der Waals surface area contributed by atoms with Gasteiger partial charge in [0.25, 0.3) is 0 Å². The third kappa shape index (κ3) is 3.74. The zero-order valence-electron chi connectivity index (χ0n) is 14.3. The first-order valence-electron chi connectivity index (χ1n) is 8.07. The van der Waals surface area contributed by atoms with Crippen molar-refractivity contribution < 1.29 is 13.2 Å². The van der Waals surface area contributed by atoms with Crippen LogP contribution in [0.5, 0.6) is 0 Å². The van der Waals surface area contributed by atoms with E-state index in [0.717, 1.165) is 11.3 Å². The molecule has 2 aromatic carbocycles. The number of sulfonamides is 1. The van der Waals surface area contributed by atoms with E-state index in [1.165, 1.54) is 13.0 Å². The summed E-state index contributed by atoms with van der Waals surface area (Å²) < 4.78 is 28.1. The lowest BCUT2D eigenvalue weighted by atomic mass is 10.1. The van der Waals surface area contributed by atoms with Crippen molar-refractivity contribution in [2.75, 3.05) is 11.4 Å². The van der Waals surface area contributed by atoms with Gasteiger partial charge in [0.15, 0.2) is 0 Å². The van der Waals surface area contributed by atoms with Crippen molar-refractivity contribution in [2.45, 2.75) is 31.2 Å². The van der Waals surface area contributed by atoms with Gasteiger partial charge in [0, 0.05) is 25.2 Å². The van der Waals surface area contributed by atoms with E-state index in [-0.39, 0.29) is 10.8 Å².